The summed E-state index contributed by atoms with van der Waals surface area (Å²) in [5.41, 5.74) is 0.483. The lowest BCUT2D eigenvalue weighted by Gasteiger charge is -2.37. The first-order valence-corrected chi connectivity index (χ1v) is 8.31. The van der Waals surface area contributed by atoms with Gasteiger partial charge in [0, 0.05) is 13.1 Å². The molecule has 1 N–H and O–H groups in total. The highest BCUT2D eigenvalue weighted by Gasteiger charge is 2.35. The molecule has 0 unspecified atom stereocenters. The molecule has 0 aromatic heterocycles. The highest BCUT2D eigenvalue weighted by molar-refractivity contribution is 5.85. The Balaban J connectivity index is 0.00000288. The van der Waals surface area contributed by atoms with Crippen LogP contribution in [0.5, 0.6) is 0 Å². The number of unbranched alkanes of at least 4 members (excludes halogenated alkanes) is 1. The Morgan fingerprint density at radius 1 is 1.33 bits per heavy atom. The number of rotatable bonds is 6. The van der Waals surface area contributed by atoms with Crippen molar-refractivity contribution in [1.82, 2.24) is 10.2 Å². The lowest BCUT2D eigenvalue weighted by atomic mass is 9.89. The molecule has 0 spiro atoms. The summed E-state index contributed by atoms with van der Waals surface area (Å²) in [6, 6.07) is 12.0. The molecule has 1 aliphatic heterocycles. The highest BCUT2D eigenvalue weighted by atomic mass is 35.5. The van der Waals surface area contributed by atoms with Crippen LogP contribution in [0.15, 0.2) is 30.3 Å². The maximum Gasteiger partial charge on any atom is 0.410 e. The average molecular weight is 352 g/mol. The van der Waals surface area contributed by atoms with Crippen LogP contribution < -0.4 is 5.32 Å². The van der Waals surface area contributed by atoms with Crippen LogP contribution in [0.2, 0.25) is 0 Å². The summed E-state index contributed by atoms with van der Waals surface area (Å²) in [5.74, 6) is 0. The van der Waals surface area contributed by atoms with E-state index in [1.807, 2.05) is 30.3 Å². The molecule has 1 aliphatic rings. The number of hydrogen-bond acceptors (Lipinski definition) is 4. The first-order valence-electron chi connectivity index (χ1n) is 8.31. The molecule has 1 heterocycles. The van der Waals surface area contributed by atoms with Gasteiger partial charge < -0.3 is 9.64 Å². The smallest absolute Gasteiger partial charge is 0.410 e. The van der Waals surface area contributed by atoms with E-state index >= 15 is 0 Å². The first-order chi connectivity index (χ1) is 11.2. The van der Waals surface area contributed by atoms with Crippen LogP contribution in [0.4, 0.5) is 4.79 Å². The molecule has 0 bridgehead atoms. The third kappa shape index (κ3) is 5.70. The van der Waals surface area contributed by atoms with Crippen LogP contribution in [0.25, 0.3) is 0 Å². The lowest BCUT2D eigenvalue weighted by Crippen LogP contribution is -2.53. The van der Waals surface area contributed by atoms with Crippen molar-refractivity contribution in [2.75, 3.05) is 19.6 Å². The third-order valence-electron chi connectivity index (χ3n) is 4.29. The van der Waals surface area contributed by atoms with Crippen LogP contribution >= 0.6 is 12.4 Å². The van der Waals surface area contributed by atoms with Gasteiger partial charge >= 0.3 is 6.09 Å². The van der Waals surface area contributed by atoms with Crippen molar-refractivity contribution in [2.24, 2.45) is 0 Å². The number of likely N-dealkylation sites (tertiary alicyclic amines) is 1. The van der Waals surface area contributed by atoms with E-state index in [-0.39, 0.29) is 25.1 Å². The Morgan fingerprint density at radius 2 is 2.00 bits per heavy atom. The van der Waals surface area contributed by atoms with Crippen molar-refractivity contribution < 1.29 is 9.53 Å². The van der Waals surface area contributed by atoms with Gasteiger partial charge in [0.15, 0.2) is 0 Å². The molecular weight excluding hydrogens is 326 g/mol. The molecule has 1 aromatic carbocycles. The Morgan fingerprint density at radius 3 is 2.58 bits per heavy atom. The Hall–Kier alpha value is -1.77. The molecule has 1 saturated heterocycles. The first kappa shape index (κ1) is 20.3. The summed E-state index contributed by atoms with van der Waals surface area (Å²) in [4.78, 5) is 13.8. The Bertz CT molecular complexity index is 537. The van der Waals surface area contributed by atoms with Gasteiger partial charge in [-0.15, -0.1) is 12.4 Å². The number of ether oxygens (including phenoxy) is 1. The van der Waals surface area contributed by atoms with Crippen LogP contribution in [-0.2, 0) is 11.3 Å². The predicted octanol–water partition coefficient (Wildman–Crippen LogP) is 3.49. The molecule has 1 amide bonds. The Labute approximate surface area is 150 Å². The summed E-state index contributed by atoms with van der Waals surface area (Å²) in [7, 11) is 0. The largest absolute Gasteiger partial charge is 0.445 e. The molecule has 0 atom stereocenters. The maximum absolute atomic E-state index is 12.1. The summed E-state index contributed by atoms with van der Waals surface area (Å²) >= 11 is 0. The van der Waals surface area contributed by atoms with E-state index in [0.717, 1.165) is 24.9 Å². The third-order valence-corrected chi connectivity index (χ3v) is 4.29. The van der Waals surface area contributed by atoms with Crippen LogP contribution in [0.3, 0.4) is 0 Å². The van der Waals surface area contributed by atoms with Gasteiger partial charge in [-0.05, 0) is 31.4 Å². The molecule has 132 valence electrons. The quantitative estimate of drug-likeness (QED) is 0.797. The van der Waals surface area contributed by atoms with Crippen molar-refractivity contribution >= 4 is 18.5 Å². The molecule has 0 radical (unpaired) electrons. The number of nitrogens with zero attached hydrogens (tertiary/aromatic N) is 2. The minimum Gasteiger partial charge on any atom is -0.445 e. The second-order valence-electron chi connectivity index (χ2n) is 6.00. The van der Waals surface area contributed by atoms with Gasteiger partial charge in [-0.2, -0.15) is 5.26 Å². The van der Waals surface area contributed by atoms with Gasteiger partial charge in [0.1, 0.15) is 12.1 Å². The van der Waals surface area contributed by atoms with E-state index in [1.54, 1.807) is 4.90 Å². The summed E-state index contributed by atoms with van der Waals surface area (Å²) in [6.07, 6.45) is 3.16. The zero-order valence-electron chi connectivity index (χ0n) is 14.2. The normalized spacial score (nSPS) is 15.9. The minimum atomic E-state index is -0.495. The van der Waals surface area contributed by atoms with Gasteiger partial charge in [-0.1, -0.05) is 43.7 Å². The monoisotopic (exact) mass is 351 g/mol. The van der Waals surface area contributed by atoms with Gasteiger partial charge in [0.05, 0.1) is 6.07 Å². The SMILES string of the molecule is CCCCNC1(C#N)CCN(C(=O)OCc2ccccc2)CC1.Cl. The van der Waals surface area contributed by atoms with Crippen molar-refractivity contribution in [1.29, 1.82) is 5.26 Å². The van der Waals surface area contributed by atoms with E-state index < -0.39 is 5.54 Å². The second kappa shape index (κ2) is 10.2. The number of piperidine rings is 1. The number of benzene rings is 1. The van der Waals surface area contributed by atoms with E-state index in [1.165, 1.54) is 0 Å². The van der Waals surface area contributed by atoms with Gasteiger partial charge in [-0.25, -0.2) is 4.79 Å². The van der Waals surface area contributed by atoms with E-state index in [4.69, 9.17) is 4.74 Å². The van der Waals surface area contributed by atoms with Crippen LogP contribution in [-0.4, -0.2) is 36.2 Å². The summed E-state index contributed by atoms with van der Waals surface area (Å²) in [6.45, 7) is 4.38. The van der Waals surface area contributed by atoms with E-state index in [9.17, 15) is 10.1 Å². The summed E-state index contributed by atoms with van der Waals surface area (Å²) in [5, 5.41) is 12.8. The van der Waals surface area contributed by atoms with Crippen molar-refractivity contribution in [2.45, 2.75) is 44.8 Å². The maximum atomic E-state index is 12.1. The molecule has 0 saturated carbocycles. The van der Waals surface area contributed by atoms with E-state index in [2.05, 4.69) is 18.3 Å². The number of amides is 1. The zero-order chi connectivity index (χ0) is 16.5. The van der Waals surface area contributed by atoms with E-state index in [0.29, 0.717) is 25.9 Å². The second-order valence-corrected chi connectivity index (χ2v) is 6.00. The summed E-state index contributed by atoms with van der Waals surface area (Å²) < 4.78 is 5.35. The van der Waals surface area contributed by atoms with Gasteiger partial charge in [0.2, 0.25) is 0 Å². The molecular formula is C18H26ClN3O2. The number of nitriles is 1. The number of halogens is 1. The number of hydrogen-bond donors (Lipinski definition) is 1. The van der Waals surface area contributed by atoms with Crippen LogP contribution in [0, 0.1) is 11.3 Å². The lowest BCUT2D eigenvalue weighted by molar-refractivity contribution is 0.0796. The van der Waals surface area contributed by atoms with Crippen molar-refractivity contribution in [3.05, 3.63) is 35.9 Å². The molecule has 5 nitrogen and oxygen atoms in total. The van der Waals surface area contributed by atoms with Crippen molar-refractivity contribution in [3.63, 3.8) is 0 Å². The fourth-order valence-corrected chi connectivity index (χ4v) is 2.71. The van der Waals surface area contributed by atoms with Crippen molar-refractivity contribution in [3.8, 4) is 6.07 Å². The standard InChI is InChI=1S/C18H25N3O2.ClH/c1-2-3-11-20-18(15-19)9-12-21(13-10-18)17(22)23-14-16-7-5-4-6-8-16;/h4-8,20H,2-3,9-14H2,1H3;1H. The number of nitrogens with one attached hydrogen (secondary N) is 1. The number of carbonyl (C=O) groups excluding carboxylic acids is 1. The number of carbonyl (C=O) groups is 1. The average Bonchev–Trinajstić information content (AvgIpc) is 2.61. The molecule has 24 heavy (non-hydrogen) atoms. The van der Waals surface area contributed by atoms with Gasteiger partial charge in [0.25, 0.3) is 0 Å². The minimum absolute atomic E-state index is 0. The molecule has 2 rings (SSSR count). The Kier molecular flexibility index (Phi) is 8.59. The van der Waals surface area contributed by atoms with Crippen LogP contribution in [0.1, 0.15) is 38.2 Å². The molecule has 6 heteroatoms. The molecule has 1 aromatic rings. The topological polar surface area (TPSA) is 65.4 Å². The predicted molar refractivity (Wildman–Crippen MR) is 95.9 cm³/mol. The highest BCUT2D eigenvalue weighted by Crippen LogP contribution is 2.22. The zero-order valence-corrected chi connectivity index (χ0v) is 15.0. The van der Waals surface area contributed by atoms with Gasteiger partial charge in [-0.3, -0.25) is 5.32 Å². The molecule has 0 aliphatic carbocycles. The fraction of sp³-hybridized carbons (Fsp3) is 0.556. The molecule has 1 fully saturated rings. The fourth-order valence-electron chi connectivity index (χ4n) is 2.71.